The van der Waals surface area contributed by atoms with Gasteiger partial charge in [0.1, 0.15) is 11.4 Å². The Morgan fingerprint density at radius 1 is 0.967 bits per heavy atom. The molecule has 1 aliphatic rings. The molecule has 1 aliphatic heterocycles. The van der Waals surface area contributed by atoms with Crippen molar-refractivity contribution in [3.63, 3.8) is 0 Å². The van der Waals surface area contributed by atoms with Gasteiger partial charge in [0, 0.05) is 29.2 Å². The number of phenols is 1. The first-order valence-corrected chi connectivity index (χ1v) is 10.6. The second-order valence-electron chi connectivity index (χ2n) is 9.61. The highest BCUT2D eigenvalue weighted by atomic mass is 16.3. The molecule has 0 saturated carbocycles. The van der Waals surface area contributed by atoms with Crippen molar-refractivity contribution < 1.29 is 5.11 Å². The lowest BCUT2D eigenvalue weighted by atomic mass is 9.81. The van der Waals surface area contributed by atoms with Gasteiger partial charge in [0.05, 0.1) is 5.69 Å². The lowest BCUT2D eigenvalue weighted by molar-refractivity contribution is -0.0332. The second kappa shape index (κ2) is 7.20. The van der Waals surface area contributed by atoms with Crippen LogP contribution >= 0.6 is 0 Å². The van der Waals surface area contributed by atoms with Crippen LogP contribution in [-0.4, -0.2) is 43.4 Å². The van der Waals surface area contributed by atoms with Crippen LogP contribution in [0.15, 0.2) is 36.4 Å². The van der Waals surface area contributed by atoms with Crippen LogP contribution in [0.5, 0.6) is 5.75 Å². The number of piperidine rings is 1. The van der Waals surface area contributed by atoms with Crippen molar-refractivity contribution >= 4 is 16.6 Å². The molecule has 3 aromatic rings. The number of aryl methyl sites for hydroxylation is 1. The molecule has 2 aromatic heterocycles. The number of aromatic hydroxyl groups is 1. The Hall–Kier alpha value is -2.73. The summed E-state index contributed by atoms with van der Waals surface area (Å²) < 4.78 is 0. The van der Waals surface area contributed by atoms with Crippen LogP contribution in [0, 0.1) is 6.92 Å². The maximum atomic E-state index is 9.83. The number of fused-ring (bicyclic) bond motifs is 1. The lowest BCUT2D eigenvalue weighted by Gasteiger charge is -2.56. The zero-order valence-electron chi connectivity index (χ0n) is 18.8. The predicted octanol–water partition coefficient (Wildman–Crippen LogP) is 5.10. The van der Waals surface area contributed by atoms with Crippen molar-refractivity contribution in [2.45, 2.75) is 65.0 Å². The van der Waals surface area contributed by atoms with E-state index in [0.717, 1.165) is 46.5 Å². The summed E-state index contributed by atoms with van der Waals surface area (Å²) in [4.78, 5) is 4.70. The summed E-state index contributed by atoms with van der Waals surface area (Å²) in [6.07, 6.45) is 3.53. The van der Waals surface area contributed by atoms with Crippen LogP contribution in [0.2, 0.25) is 0 Å². The monoisotopic (exact) mass is 405 g/mol. The van der Waals surface area contributed by atoms with E-state index < -0.39 is 0 Å². The average molecular weight is 406 g/mol. The van der Waals surface area contributed by atoms with E-state index in [1.54, 1.807) is 12.1 Å². The van der Waals surface area contributed by atoms with E-state index in [-0.39, 0.29) is 16.8 Å². The van der Waals surface area contributed by atoms with Crippen LogP contribution < -0.4 is 5.01 Å². The molecule has 30 heavy (non-hydrogen) atoms. The van der Waals surface area contributed by atoms with Gasteiger partial charge in [0.2, 0.25) is 0 Å². The molecular formula is C24H31N5O. The third-order valence-corrected chi connectivity index (χ3v) is 6.19. The average Bonchev–Trinajstić information content (AvgIpc) is 2.65. The summed E-state index contributed by atoms with van der Waals surface area (Å²) in [5.41, 5.74) is 2.48. The number of anilines is 1. The fourth-order valence-electron chi connectivity index (χ4n) is 5.10. The molecule has 0 radical (unpaired) electrons. The van der Waals surface area contributed by atoms with E-state index in [1.807, 2.05) is 31.2 Å². The highest BCUT2D eigenvalue weighted by molar-refractivity contribution is 5.94. The van der Waals surface area contributed by atoms with Gasteiger partial charge < -0.3 is 5.11 Å². The van der Waals surface area contributed by atoms with Gasteiger partial charge in [0.15, 0.2) is 5.82 Å². The Labute approximate surface area is 178 Å². The minimum absolute atomic E-state index is 0.0488. The largest absolute Gasteiger partial charge is 0.508 e. The van der Waals surface area contributed by atoms with E-state index >= 15 is 0 Å². The van der Waals surface area contributed by atoms with Gasteiger partial charge in [-0.3, -0.25) is 9.99 Å². The zero-order chi connectivity index (χ0) is 21.7. The SMILES string of the molecule is Cc1cc2cc(O)ccc2c(-c2ccc(N(C)N3C(C)(C)CCCC3(C)C)nn2)n1. The first-order chi connectivity index (χ1) is 14.1. The number of phenolic OH excluding ortho intramolecular Hbond substituents is 1. The number of pyridine rings is 1. The number of aromatic nitrogens is 3. The first-order valence-electron chi connectivity index (χ1n) is 10.6. The normalized spacial score (nSPS) is 18.5. The van der Waals surface area contributed by atoms with Crippen LogP contribution in [-0.2, 0) is 0 Å². The molecule has 1 aromatic carbocycles. The summed E-state index contributed by atoms with van der Waals surface area (Å²) >= 11 is 0. The molecular weight excluding hydrogens is 374 g/mol. The van der Waals surface area contributed by atoms with Crippen molar-refractivity contribution in [1.82, 2.24) is 20.2 Å². The molecule has 1 N–H and O–H groups in total. The Morgan fingerprint density at radius 2 is 1.67 bits per heavy atom. The van der Waals surface area contributed by atoms with Crippen LogP contribution in [0.1, 0.15) is 52.7 Å². The van der Waals surface area contributed by atoms with Gasteiger partial charge in [-0.15, -0.1) is 10.2 Å². The van der Waals surface area contributed by atoms with Crippen LogP contribution in [0.25, 0.3) is 22.2 Å². The van der Waals surface area contributed by atoms with Crippen molar-refractivity contribution in [3.8, 4) is 17.1 Å². The maximum absolute atomic E-state index is 9.83. The standard InChI is InChI=1S/C24H31N5O/c1-16-14-17-15-18(30)8-9-19(17)22(25-16)20-10-11-21(27-26-20)28(6)29-23(2,3)12-7-13-24(29,4)5/h8-11,14-15,30H,7,12-13H2,1-6H3. The molecule has 0 aliphatic carbocycles. The van der Waals surface area contributed by atoms with Crippen molar-refractivity contribution in [1.29, 1.82) is 0 Å². The molecule has 0 bridgehead atoms. The van der Waals surface area contributed by atoms with Gasteiger partial charge in [-0.05, 0) is 95.7 Å². The molecule has 0 atom stereocenters. The highest BCUT2D eigenvalue weighted by Gasteiger charge is 2.44. The summed E-state index contributed by atoms with van der Waals surface area (Å²) in [6, 6.07) is 11.3. The van der Waals surface area contributed by atoms with E-state index in [9.17, 15) is 5.11 Å². The molecule has 3 heterocycles. The zero-order valence-corrected chi connectivity index (χ0v) is 18.8. The highest BCUT2D eigenvalue weighted by Crippen LogP contribution is 2.40. The number of nitrogens with zero attached hydrogens (tertiary/aromatic N) is 5. The second-order valence-corrected chi connectivity index (χ2v) is 9.61. The Kier molecular flexibility index (Phi) is 4.93. The van der Waals surface area contributed by atoms with Gasteiger partial charge in [-0.2, -0.15) is 0 Å². The minimum atomic E-state index is 0.0488. The molecule has 158 valence electrons. The van der Waals surface area contributed by atoms with Crippen molar-refractivity contribution in [2.24, 2.45) is 0 Å². The van der Waals surface area contributed by atoms with Crippen molar-refractivity contribution in [3.05, 3.63) is 42.1 Å². The molecule has 0 amide bonds. The Balaban J connectivity index is 1.71. The number of benzene rings is 1. The van der Waals surface area contributed by atoms with E-state index in [2.05, 4.69) is 55.0 Å². The first kappa shape index (κ1) is 20.5. The van der Waals surface area contributed by atoms with Gasteiger partial charge in [-0.1, -0.05) is 0 Å². The third kappa shape index (κ3) is 3.60. The Bertz CT molecular complexity index is 1050. The molecule has 6 heteroatoms. The Morgan fingerprint density at radius 3 is 2.30 bits per heavy atom. The summed E-state index contributed by atoms with van der Waals surface area (Å²) in [7, 11) is 2.07. The fraction of sp³-hybridized carbons (Fsp3) is 0.458. The molecule has 0 spiro atoms. The molecule has 6 nitrogen and oxygen atoms in total. The van der Waals surface area contributed by atoms with E-state index in [1.165, 1.54) is 6.42 Å². The van der Waals surface area contributed by atoms with Gasteiger partial charge >= 0.3 is 0 Å². The molecule has 0 unspecified atom stereocenters. The van der Waals surface area contributed by atoms with Crippen LogP contribution in [0.4, 0.5) is 5.82 Å². The quantitative estimate of drug-likeness (QED) is 0.654. The minimum Gasteiger partial charge on any atom is -0.508 e. The summed E-state index contributed by atoms with van der Waals surface area (Å²) in [6.45, 7) is 11.1. The summed E-state index contributed by atoms with van der Waals surface area (Å²) in [5, 5.41) is 25.4. The van der Waals surface area contributed by atoms with Crippen molar-refractivity contribution in [2.75, 3.05) is 12.1 Å². The third-order valence-electron chi connectivity index (χ3n) is 6.19. The molecule has 4 rings (SSSR count). The van der Waals surface area contributed by atoms with E-state index in [0.29, 0.717) is 0 Å². The topological polar surface area (TPSA) is 65.4 Å². The number of rotatable bonds is 3. The smallest absolute Gasteiger partial charge is 0.165 e. The number of hydrogen-bond donors (Lipinski definition) is 1. The van der Waals surface area contributed by atoms with E-state index in [4.69, 9.17) is 4.98 Å². The van der Waals surface area contributed by atoms with Gasteiger partial charge in [-0.25, -0.2) is 5.01 Å². The number of hydrazine groups is 1. The number of hydrogen-bond acceptors (Lipinski definition) is 6. The lowest BCUT2D eigenvalue weighted by Crippen LogP contribution is -2.64. The maximum Gasteiger partial charge on any atom is 0.165 e. The molecule has 1 saturated heterocycles. The predicted molar refractivity (Wildman–Crippen MR) is 121 cm³/mol. The molecule has 1 fully saturated rings. The fourth-order valence-corrected chi connectivity index (χ4v) is 5.10. The van der Waals surface area contributed by atoms with Gasteiger partial charge in [0.25, 0.3) is 0 Å². The summed E-state index contributed by atoms with van der Waals surface area (Å²) in [5.74, 6) is 1.06. The van der Waals surface area contributed by atoms with Crippen LogP contribution in [0.3, 0.4) is 0 Å².